The van der Waals surface area contributed by atoms with Crippen LogP contribution in [0.2, 0.25) is 0 Å². The van der Waals surface area contributed by atoms with Crippen molar-refractivity contribution in [3.05, 3.63) is 0 Å². The van der Waals surface area contributed by atoms with E-state index >= 15 is 0 Å². The van der Waals surface area contributed by atoms with Gasteiger partial charge in [0.1, 0.15) is 11.7 Å². The quantitative estimate of drug-likeness (QED) is 0.514. The van der Waals surface area contributed by atoms with Crippen LogP contribution in [0.3, 0.4) is 0 Å². The van der Waals surface area contributed by atoms with Gasteiger partial charge in [-0.1, -0.05) is 0 Å². The largest absolute Gasteiger partial charge is 0.473 e. The van der Waals surface area contributed by atoms with Crippen LogP contribution in [0.5, 0.6) is 0 Å². The second-order valence-electron chi connectivity index (χ2n) is 6.42. The number of nitrogens with one attached hydrogen (secondary N) is 1. The summed E-state index contributed by atoms with van der Waals surface area (Å²) in [5, 5.41) is 11.3. The first kappa shape index (κ1) is 18.2. The van der Waals surface area contributed by atoms with E-state index in [9.17, 15) is 14.4 Å². The predicted molar refractivity (Wildman–Crippen MR) is 77.1 cm³/mol. The van der Waals surface area contributed by atoms with Crippen molar-refractivity contribution in [1.29, 1.82) is 0 Å². The van der Waals surface area contributed by atoms with E-state index in [1.807, 2.05) is 0 Å². The van der Waals surface area contributed by atoms with E-state index < -0.39 is 35.8 Å². The number of hydrogen-bond donors (Lipinski definition) is 3. The molecule has 0 unspecified atom stereocenters. The fraction of sp³-hybridized carbons (Fsp3) is 0.786. The van der Waals surface area contributed by atoms with Crippen molar-refractivity contribution in [3.8, 4) is 0 Å². The molecule has 0 heterocycles. The topological polar surface area (TPSA) is 128 Å². The molecule has 1 rings (SSSR count). The fourth-order valence-electron chi connectivity index (χ4n) is 2.37. The number of nitrogens with two attached hydrogens (primary N) is 1. The van der Waals surface area contributed by atoms with Gasteiger partial charge in [0.05, 0.1) is 6.04 Å². The summed E-state index contributed by atoms with van der Waals surface area (Å²) in [5.41, 5.74) is 4.97. The Labute approximate surface area is 129 Å². The Morgan fingerprint density at radius 1 is 1.27 bits per heavy atom. The molecule has 126 valence electrons. The molecule has 3 atom stereocenters. The van der Waals surface area contributed by atoms with Crippen molar-refractivity contribution >= 4 is 18.0 Å². The van der Waals surface area contributed by atoms with Crippen LogP contribution in [0.1, 0.15) is 40.0 Å². The van der Waals surface area contributed by atoms with E-state index in [1.54, 1.807) is 20.8 Å². The van der Waals surface area contributed by atoms with Crippen LogP contribution in [-0.4, -0.2) is 47.4 Å². The molecule has 0 aromatic rings. The maximum absolute atomic E-state index is 11.8. The molecule has 1 fully saturated rings. The lowest BCUT2D eigenvalue weighted by molar-refractivity contribution is -0.169. The zero-order valence-electron chi connectivity index (χ0n) is 13.1. The molecule has 1 aliphatic carbocycles. The van der Waals surface area contributed by atoms with E-state index in [0.29, 0.717) is 19.4 Å². The van der Waals surface area contributed by atoms with Gasteiger partial charge in [0.15, 0.2) is 0 Å². The molecular formula is C14H24N2O6. The van der Waals surface area contributed by atoms with Crippen LogP contribution in [0.4, 0.5) is 4.79 Å². The Morgan fingerprint density at radius 3 is 2.41 bits per heavy atom. The van der Waals surface area contributed by atoms with Gasteiger partial charge in [0.25, 0.3) is 0 Å². The van der Waals surface area contributed by atoms with Crippen LogP contribution < -0.4 is 11.1 Å². The highest BCUT2D eigenvalue weighted by molar-refractivity contribution is 6.28. The summed E-state index contributed by atoms with van der Waals surface area (Å²) < 4.78 is 10.1. The molecule has 1 aliphatic rings. The van der Waals surface area contributed by atoms with Crippen molar-refractivity contribution in [3.63, 3.8) is 0 Å². The van der Waals surface area contributed by atoms with Crippen molar-refractivity contribution in [2.24, 2.45) is 11.7 Å². The Kier molecular flexibility index (Phi) is 6.16. The summed E-state index contributed by atoms with van der Waals surface area (Å²) in [6, 6.07) is -0.485. The summed E-state index contributed by atoms with van der Waals surface area (Å²) in [5.74, 6) is -2.87. The Bertz CT molecular complexity index is 432. The number of esters is 1. The molecule has 0 aromatic heterocycles. The Hall–Kier alpha value is -1.83. The lowest BCUT2D eigenvalue weighted by Crippen LogP contribution is -2.51. The Morgan fingerprint density at radius 2 is 1.91 bits per heavy atom. The van der Waals surface area contributed by atoms with Crippen molar-refractivity contribution in [2.45, 2.75) is 57.8 Å². The number of carboxylic acid groups (broad SMARTS) is 1. The third-order valence-corrected chi connectivity index (χ3v) is 3.37. The number of carboxylic acids is 1. The van der Waals surface area contributed by atoms with Gasteiger partial charge in [0, 0.05) is 0 Å². The first-order chi connectivity index (χ1) is 10.1. The molecule has 0 bridgehead atoms. The van der Waals surface area contributed by atoms with Crippen LogP contribution in [0.25, 0.3) is 0 Å². The summed E-state index contributed by atoms with van der Waals surface area (Å²) in [7, 11) is 0. The second-order valence-corrected chi connectivity index (χ2v) is 6.42. The molecule has 0 saturated heterocycles. The number of alkyl carbamates (subject to hydrolysis) is 1. The van der Waals surface area contributed by atoms with Gasteiger partial charge < -0.3 is 25.6 Å². The highest BCUT2D eigenvalue weighted by atomic mass is 16.6. The summed E-state index contributed by atoms with van der Waals surface area (Å²) in [4.78, 5) is 33.7. The van der Waals surface area contributed by atoms with Gasteiger partial charge in [-0.15, -0.1) is 0 Å². The highest BCUT2D eigenvalue weighted by Crippen LogP contribution is 2.26. The van der Waals surface area contributed by atoms with Gasteiger partial charge in [-0.05, 0) is 52.5 Å². The molecule has 0 aromatic carbocycles. The molecule has 8 heteroatoms. The average molecular weight is 316 g/mol. The molecule has 4 N–H and O–H groups in total. The first-order valence-corrected chi connectivity index (χ1v) is 7.26. The predicted octanol–water partition coefficient (Wildman–Crippen LogP) is 0.635. The van der Waals surface area contributed by atoms with Crippen LogP contribution in [0.15, 0.2) is 0 Å². The summed E-state index contributed by atoms with van der Waals surface area (Å²) in [6.45, 7) is 5.62. The number of hydrogen-bond acceptors (Lipinski definition) is 6. The smallest absolute Gasteiger partial charge is 0.417 e. The third-order valence-electron chi connectivity index (χ3n) is 3.37. The lowest BCUT2D eigenvalue weighted by atomic mass is 9.84. The first-order valence-electron chi connectivity index (χ1n) is 7.26. The molecule has 1 saturated carbocycles. The molecule has 8 nitrogen and oxygen atoms in total. The number of carbonyl (C=O) groups excluding carboxylic acids is 2. The minimum Gasteiger partial charge on any atom is -0.473 e. The zero-order valence-corrected chi connectivity index (χ0v) is 13.1. The van der Waals surface area contributed by atoms with E-state index in [0.717, 1.165) is 6.42 Å². The molecule has 0 radical (unpaired) electrons. The molecule has 0 spiro atoms. The van der Waals surface area contributed by atoms with Crippen LogP contribution >= 0.6 is 0 Å². The summed E-state index contributed by atoms with van der Waals surface area (Å²) >= 11 is 0. The van der Waals surface area contributed by atoms with Gasteiger partial charge in [-0.25, -0.2) is 14.4 Å². The standard InChI is InChI=1S/C14H24N2O6/c1-14(2,3)22-13(20)16-9-5-4-8(7-15)6-10(9)21-12(19)11(17)18/h8-10H,4-7,15H2,1-3H3,(H,16,20)(H,17,18)/t8-,9-,10+/m1/s1. The molecular weight excluding hydrogens is 292 g/mol. The van der Waals surface area contributed by atoms with E-state index in [4.69, 9.17) is 20.3 Å². The number of rotatable bonds is 3. The number of carbonyl (C=O) groups is 3. The minimum absolute atomic E-state index is 0.128. The van der Waals surface area contributed by atoms with Gasteiger partial charge in [0.2, 0.25) is 0 Å². The fourth-order valence-corrected chi connectivity index (χ4v) is 2.37. The number of amides is 1. The third kappa shape index (κ3) is 5.88. The maximum Gasteiger partial charge on any atom is 0.417 e. The van der Waals surface area contributed by atoms with Crippen molar-refractivity contribution < 1.29 is 29.0 Å². The zero-order chi connectivity index (χ0) is 16.9. The minimum atomic E-state index is -1.66. The van der Waals surface area contributed by atoms with Crippen LogP contribution in [-0.2, 0) is 19.1 Å². The maximum atomic E-state index is 11.8. The average Bonchev–Trinajstić information content (AvgIpc) is 2.38. The highest BCUT2D eigenvalue weighted by Gasteiger charge is 2.35. The SMILES string of the molecule is CC(C)(C)OC(=O)N[C@@H]1CC[C@@H](CN)C[C@@H]1OC(=O)C(=O)O. The second kappa shape index (κ2) is 7.44. The van der Waals surface area contributed by atoms with E-state index in [2.05, 4.69) is 5.32 Å². The monoisotopic (exact) mass is 316 g/mol. The summed E-state index contributed by atoms with van der Waals surface area (Å²) in [6.07, 6.45) is 0.366. The normalized spacial score (nSPS) is 25.2. The lowest BCUT2D eigenvalue weighted by Gasteiger charge is -2.35. The van der Waals surface area contributed by atoms with Crippen LogP contribution in [0, 0.1) is 5.92 Å². The van der Waals surface area contributed by atoms with Crippen molar-refractivity contribution in [2.75, 3.05) is 6.54 Å². The van der Waals surface area contributed by atoms with Gasteiger partial charge in [-0.2, -0.15) is 0 Å². The number of aliphatic carboxylic acids is 1. The van der Waals surface area contributed by atoms with Gasteiger partial charge in [-0.3, -0.25) is 0 Å². The van der Waals surface area contributed by atoms with E-state index in [-0.39, 0.29) is 5.92 Å². The Balaban J connectivity index is 2.70. The van der Waals surface area contributed by atoms with Crippen molar-refractivity contribution in [1.82, 2.24) is 5.32 Å². The molecule has 22 heavy (non-hydrogen) atoms. The molecule has 0 aliphatic heterocycles. The molecule has 1 amide bonds. The van der Waals surface area contributed by atoms with Gasteiger partial charge >= 0.3 is 18.0 Å². The van der Waals surface area contributed by atoms with E-state index in [1.165, 1.54) is 0 Å². The number of ether oxygens (including phenoxy) is 2.